The van der Waals surface area contributed by atoms with Crippen LogP contribution in [0.4, 0.5) is 0 Å². The quantitative estimate of drug-likeness (QED) is 0.727. The smallest absolute Gasteiger partial charge is 0.0473 e. The van der Waals surface area contributed by atoms with E-state index in [1.807, 2.05) is 0 Å². The molecule has 3 heteroatoms. The molecule has 2 fully saturated rings. The zero-order chi connectivity index (χ0) is 10.7. The maximum absolute atomic E-state index is 6.03. The van der Waals surface area contributed by atoms with Gasteiger partial charge in [-0.15, -0.1) is 0 Å². The van der Waals surface area contributed by atoms with Crippen LogP contribution in [0.3, 0.4) is 0 Å². The highest BCUT2D eigenvalue weighted by molar-refractivity contribution is 5.07. The van der Waals surface area contributed by atoms with Gasteiger partial charge in [0.05, 0.1) is 0 Å². The van der Waals surface area contributed by atoms with E-state index in [2.05, 4.69) is 17.1 Å². The predicted molar refractivity (Wildman–Crippen MR) is 63.9 cm³/mol. The average Bonchev–Trinajstić information content (AvgIpc) is 2.66. The Morgan fingerprint density at radius 2 is 2.27 bits per heavy atom. The number of hydrogen-bond acceptors (Lipinski definition) is 3. The molecule has 2 atom stereocenters. The highest BCUT2D eigenvalue weighted by Crippen LogP contribution is 2.34. The van der Waals surface area contributed by atoms with Crippen LogP contribution in [0.5, 0.6) is 0 Å². The minimum absolute atomic E-state index is 0.233. The molecule has 0 aliphatic carbocycles. The van der Waals surface area contributed by atoms with Gasteiger partial charge in [-0.2, -0.15) is 0 Å². The third-order valence-electron chi connectivity index (χ3n) is 4.19. The first-order valence-electron chi connectivity index (χ1n) is 6.51. The van der Waals surface area contributed by atoms with Crippen LogP contribution in [0.2, 0.25) is 0 Å². The largest absolute Gasteiger partial charge is 0.329 e. The standard InChI is InChI=1S/C12H25N3/c1-2-7-14-12(10-13)6-9-15-8-4-3-5-11(12)15/h11,14H,2-10,13H2,1H3. The first-order valence-corrected chi connectivity index (χ1v) is 6.51. The Bertz CT molecular complexity index is 207. The first-order chi connectivity index (χ1) is 7.32. The van der Waals surface area contributed by atoms with E-state index in [0.717, 1.165) is 13.1 Å². The van der Waals surface area contributed by atoms with Crippen LogP contribution in [-0.4, -0.2) is 42.7 Å². The second-order valence-electron chi connectivity index (χ2n) is 5.08. The number of piperidine rings is 1. The van der Waals surface area contributed by atoms with Crippen molar-refractivity contribution in [2.45, 2.75) is 50.6 Å². The molecule has 3 N–H and O–H groups in total. The molecular weight excluding hydrogens is 186 g/mol. The van der Waals surface area contributed by atoms with Gasteiger partial charge >= 0.3 is 0 Å². The normalized spacial score (nSPS) is 36.8. The zero-order valence-corrected chi connectivity index (χ0v) is 9.97. The fourth-order valence-corrected chi connectivity index (χ4v) is 3.28. The van der Waals surface area contributed by atoms with Gasteiger partial charge < -0.3 is 11.1 Å². The van der Waals surface area contributed by atoms with Crippen LogP contribution in [-0.2, 0) is 0 Å². The highest BCUT2D eigenvalue weighted by Gasteiger charge is 2.46. The highest BCUT2D eigenvalue weighted by atomic mass is 15.3. The number of nitrogens with zero attached hydrogens (tertiary/aromatic N) is 1. The van der Waals surface area contributed by atoms with Gasteiger partial charge in [0.15, 0.2) is 0 Å². The van der Waals surface area contributed by atoms with E-state index in [9.17, 15) is 0 Å². The van der Waals surface area contributed by atoms with Crippen molar-refractivity contribution < 1.29 is 0 Å². The van der Waals surface area contributed by atoms with E-state index >= 15 is 0 Å². The Hall–Kier alpha value is -0.120. The molecule has 0 saturated carbocycles. The summed E-state index contributed by atoms with van der Waals surface area (Å²) in [5, 5.41) is 3.73. The summed E-state index contributed by atoms with van der Waals surface area (Å²) in [5.41, 5.74) is 6.26. The molecule has 2 rings (SSSR count). The minimum atomic E-state index is 0.233. The molecule has 15 heavy (non-hydrogen) atoms. The molecular formula is C12H25N3. The Labute approximate surface area is 93.4 Å². The summed E-state index contributed by atoms with van der Waals surface area (Å²) in [6.45, 7) is 6.68. The van der Waals surface area contributed by atoms with Crippen molar-refractivity contribution in [1.82, 2.24) is 10.2 Å². The lowest BCUT2D eigenvalue weighted by Crippen LogP contribution is -2.60. The minimum Gasteiger partial charge on any atom is -0.329 e. The van der Waals surface area contributed by atoms with Gasteiger partial charge in [0.1, 0.15) is 0 Å². The van der Waals surface area contributed by atoms with E-state index in [0.29, 0.717) is 6.04 Å². The van der Waals surface area contributed by atoms with Crippen LogP contribution >= 0.6 is 0 Å². The molecule has 2 saturated heterocycles. The first kappa shape index (κ1) is 11.4. The van der Waals surface area contributed by atoms with Crippen molar-refractivity contribution in [3.05, 3.63) is 0 Å². The molecule has 0 aromatic heterocycles. The Kier molecular flexibility index (Phi) is 3.65. The Morgan fingerprint density at radius 3 is 3.00 bits per heavy atom. The summed E-state index contributed by atoms with van der Waals surface area (Å²) in [6, 6.07) is 0.711. The fraction of sp³-hybridized carbons (Fsp3) is 1.00. The molecule has 0 amide bonds. The van der Waals surface area contributed by atoms with Crippen LogP contribution in [0.15, 0.2) is 0 Å². The predicted octanol–water partition coefficient (Wildman–Crippen LogP) is 0.942. The summed E-state index contributed by atoms with van der Waals surface area (Å²) in [5.74, 6) is 0. The Morgan fingerprint density at radius 1 is 1.40 bits per heavy atom. The maximum Gasteiger partial charge on any atom is 0.0473 e. The molecule has 88 valence electrons. The molecule has 2 unspecified atom stereocenters. The summed E-state index contributed by atoms with van der Waals surface area (Å²) >= 11 is 0. The molecule has 3 nitrogen and oxygen atoms in total. The zero-order valence-electron chi connectivity index (χ0n) is 9.97. The summed E-state index contributed by atoms with van der Waals surface area (Å²) < 4.78 is 0. The molecule has 0 aromatic rings. The molecule has 2 aliphatic rings. The number of nitrogens with one attached hydrogen (secondary N) is 1. The van der Waals surface area contributed by atoms with Gasteiger partial charge in [0.2, 0.25) is 0 Å². The fourth-order valence-electron chi connectivity index (χ4n) is 3.28. The van der Waals surface area contributed by atoms with E-state index < -0.39 is 0 Å². The summed E-state index contributed by atoms with van der Waals surface area (Å²) in [7, 11) is 0. The number of fused-ring (bicyclic) bond motifs is 1. The Balaban J connectivity index is 2.04. The van der Waals surface area contributed by atoms with Crippen molar-refractivity contribution in [1.29, 1.82) is 0 Å². The molecule has 0 bridgehead atoms. The number of rotatable bonds is 4. The SMILES string of the molecule is CCCNC1(CN)CCN2CCCCC21. The van der Waals surface area contributed by atoms with Gasteiger partial charge in [-0.3, -0.25) is 4.90 Å². The van der Waals surface area contributed by atoms with Gasteiger partial charge in [0, 0.05) is 24.7 Å². The third kappa shape index (κ3) is 2.05. The molecule has 0 aromatic carbocycles. The lowest BCUT2D eigenvalue weighted by Gasteiger charge is -2.41. The van der Waals surface area contributed by atoms with Gasteiger partial charge in [-0.1, -0.05) is 13.3 Å². The van der Waals surface area contributed by atoms with Crippen LogP contribution in [0.25, 0.3) is 0 Å². The molecule has 0 radical (unpaired) electrons. The third-order valence-corrected chi connectivity index (χ3v) is 4.19. The molecule has 2 heterocycles. The lowest BCUT2D eigenvalue weighted by atomic mass is 9.85. The molecule has 0 spiro atoms. The second kappa shape index (κ2) is 4.81. The maximum atomic E-state index is 6.03. The van der Waals surface area contributed by atoms with Gasteiger partial charge in [-0.25, -0.2) is 0 Å². The van der Waals surface area contributed by atoms with Gasteiger partial charge in [-0.05, 0) is 38.8 Å². The van der Waals surface area contributed by atoms with Crippen molar-refractivity contribution in [3.8, 4) is 0 Å². The van der Waals surface area contributed by atoms with Crippen LogP contribution < -0.4 is 11.1 Å². The van der Waals surface area contributed by atoms with Crippen LogP contribution in [0.1, 0.15) is 39.0 Å². The van der Waals surface area contributed by atoms with E-state index in [-0.39, 0.29) is 5.54 Å². The van der Waals surface area contributed by atoms with Crippen molar-refractivity contribution in [2.75, 3.05) is 26.2 Å². The van der Waals surface area contributed by atoms with Crippen LogP contribution in [0, 0.1) is 0 Å². The monoisotopic (exact) mass is 211 g/mol. The van der Waals surface area contributed by atoms with Gasteiger partial charge in [0.25, 0.3) is 0 Å². The lowest BCUT2D eigenvalue weighted by molar-refractivity contribution is 0.140. The topological polar surface area (TPSA) is 41.3 Å². The number of nitrogens with two attached hydrogens (primary N) is 1. The van der Waals surface area contributed by atoms with E-state index in [1.54, 1.807) is 0 Å². The van der Waals surface area contributed by atoms with E-state index in [1.165, 1.54) is 45.2 Å². The number of hydrogen-bond donors (Lipinski definition) is 2. The second-order valence-corrected chi connectivity index (χ2v) is 5.08. The molecule has 2 aliphatic heterocycles. The summed E-state index contributed by atoms with van der Waals surface area (Å²) in [4.78, 5) is 2.65. The average molecular weight is 211 g/mol. The van der Waals surface area contributed by atoms with E-state index in [4.69, 9.17) is 5.73 Å². The summed E-state index contributed by atoms with van der Waals surface area (Å²) in [6.07, 6.45) is 6.55. The van der Waals surface area contributed by atoms with Crippen molar-refractivity contribution in [2.24, 2.45) is 5.73 Å². The van der Waals surface area contributed by atoms with Crippen molar-refractivity contribution in [3.63, 3.8) is 0 Å². The van der Waals surface area contributed by atoms with Crippen molar-refractivity contribution >= 4 is 0 Å².